The summed E-state index contributed by atoms with van der Waals surface area (Å²) in [6.45, 7) is 0. The Labute approximate surface area is 123 Å². The number of para-hydroxylation sites is 1. The lowest BCUT2D eigenvalue weighted by molar-refractivity contribution is -0.115. The molecule has 0 bridgehead atoms. The van der Waals surface area contributed by atoms with Gasteiger partial charge in [0.1, 0.15) is 0 Å². The second kappa shape index (κ2) is 5.97. The molecule has 0 radical (unpaired) electrons. The van der Waals surface area contributed by atoms with E-state index in [4.69, 9.17) is 5.73 Å². The molecule has 2 aromatic rings. The van der Waals surface area contributed by atoms with Crippen LogP contribution in [0.25, 0.3) is 0 Å². The monoisotopic (exact) mass is 304 g/mol. The number of benzene rings is 2. The van der Waals surface area contributed by atoms with E-state index in [2.05, 4.69) is 5.32 Å². The zero-order valence-corrected chi connectivity index (χ0v) is 12.4. The van der Waals surface area contributed by atoms with E-state index in [1.165, 1.54) is 12.1 Å². The first kappa shape index (κ1) is 15.1. The molecule has 0 aliphatic heterocycles. The number of rotatable bonds is 4. The van der Waals surface area contributed by atoms with Crippen molar-refractivity contribution >= 4 is 27.1 Å². The molecule has 0 heterocycles. The Bertz CT molecular complexity index is 753. The van der Waals surface area contributed by atoms with Crippen molar-refractivity contribution in [2.45, 2.75) is 11.3 Å². The summed E-state index contributed by atoms with van der Waals surface area (Å²) in [7, 11) is -3.23. The minimum Gasteiger partial charge on any atom is -0.398 e. The van der Waals surface area contributed by atoms with E-state index in [0.717, 1.165) is 11.8 Å². The minimum absolute atomic E-state index is 0.167. The summed E-state index contributed by atoms with van der Waals surface area (Å²) in [5, 5.41) is 2.71. The highest BCUT2D eigenvalue weighted by molar-refractivity contribution is 7.90. The van der Waals surface area contributed by atoms with Crippen LogP contribution in [0.1, 0.15) is 5.56 Å². The first-order valence-electron chi connectivity index (χ1n) is 6.29. The molecule has 0 aliphatic carbocycles. The number of carbonyl (C=O) groups excluding carboxylic acids is 1. The molecule has 5 nitrogen and oxygen atoms in total. The van der Waals surface area contributed by atoms with Crippen LogP contribution < -0.4 is 11.1 Å². The summed E-state index contributed by atoms with van der Waals surface area (Å²) < 4.78 is 22.7. The molecule has 110 valence electrons. The average molecular weight is 304 g/mol. The third-order valence-electron chi connectivity index (χ3n) is 2.97. The fourth-order valence-corrected chi connectivity index (χ4v) is 2.49. The smallest absolute Gasteiger partial charge is 0.228 e. The summed E-state index contributed by atoms with van der Waals surface area (Å²) >= 11 is 0. The second-order valence-electron chi connectivity index (χ2n) is 4.72. The van der Waals surface area contributed by atoms with Gasteiger partial charge in [0.15, 0.2) is 9.84 Å². The molecule has 2 aromatic carbocycles. The quantitative estimate of drug-likeness (QED) is 0.844. The highest BCUT2D eigenvalue weighted by Gasteiger charge is 2.09. The Morgan fingerprint density at radius 3 is 2.29 bits per heavy atom. The molecule has 21 heavy (non-hydrogen) atoms. The predicted octanol–water partition coefficient (Wildman–Crippen LogP) is 1.85. The van der Waals surface area contributed by atoms with Crippen molar-refractivity contribution in [3.8, 4) is 0 Å². The molecule has 0 saturated carbocycles. The molecule has 0 aliphatic rings. The maximum Gasteiger partial charge on any atom is 0.228 e. The van der Waals surface area contributed by atoms with Gasteiger partial charge in [0, 0.05) is 17.6 Å². The summed E-state index contributed by atoms with van der Waals surface area (Å²) in [6, 6.07) is 13.2. The molecular formula is C15H16N2O3S. The molecule has 1 amide bonds. The van der Waals surface area contributed by atoms with Crippen LogP contribution in [0.15, 0.2) is 53.4 Å². The highest BCUT2D eigenvalue weighted by atomic mass is 32.2. The summed E-state index contributed by atoms with van der Waals surface area (Å²) in [6.07, 6.45) is 1.30. The van der Waals surface area contributed by atoms with Crippen LogP contribution in [0.2, 0.25) is 0 Å². The SMILES string of the molecule is CS(=O)(=O)c1ccc(NC(=O)Cc2ccccc2N)cc1. The van der Waals surface area contributed by atoms with E-state index >= 15 is 0 Å². The number of hydrogen-bond acceptors (Lipinski definition) is 4. The van der Waals surface area contributed by atoms with Gasteiger partial charge in [-0.2, -0.15) is 0 Å². The molecule has 2 rings (SSSR count). The van der Waals surface area contributed by atoms with Crippen molar-refractivity contribution < 1.29 is 13.2 Å². The second-order valence-corrected chi connectivity index (χ2v) is 6.74. The van der Waals surface area contributed by atoms with E-state index < -0.39 is 9.84 Å². The van der Waals surface area contributed by atoms with Gasteiger partial charge in [-0.3, -0.25) is 4.79 Å². The predicted molar refractivity (Wildman–Crippen MR) is 82.7 cm³/mol. The van der Waals surface area contributed by atoms with Gasteiger partial charge in [0.2, 0.25) is 5.91 Å². The Morgan fingerprint density at radius 2 is 1.71 bits per heavy atom. The van der Waals surface area contributed by atoms with Crippen LogP contribution in [0, 0.1) is 0 Å². The van der Waals surface area contributed by atoms with Crippen molar-refractivity contribution in [2.24, 2.45) is 0 Å². The van der Waals surface area contributed by atoms with Gasteiger partial charge in [-0.15, -0.1) is 0 Å². The largest absolute Gasteiger partial charge is 0.398 e. The molecule has 0 saturated heterocycles. The molecule has 0 atom stereocenters. The van der Waals surface area contributed by atoms with Crippen LogP contribution in [0.3, 0.4) is 0 Å². The van der Waals surface area contributed by atoms with Gasteiger partial charge in [0.25, 0.3) is 0 Å². The third-order valence-corrected chi connectivity index (χ3v) is 4.10. The van der Waals surface area contributed by atoms with Crippen molar-refractivity contribution in [1.29, 1.82) is 0 Å². The number of sulfone groups is 1. The average Bonchev–Trinajstić information content (AvgIpc) is 2.41. The fraction of sp³-hybridized carbons (Fsp3) is 0.133. The van der Waals surface area contributed by atoms with Crippen LogP contribution in [-0.4, -0.2) is 20.6 Å². The van der Waals surface area contributed by atoms with Gasteiger partial charge in [-0.25, -0.2) is 8.42 Å². The number of anilines is 2. The third kappa shape index (κ3) is 4.06. The molecule has 0 fully saturated rings. The van der Waals surface area contributed by atoms with E-state index in [0.29, 0.717) is 11.4 Å². The minimum atomic E-state index is -3.23. The standard InChI is InChI=1S/C15H16N2O3S/c1-21(19,20)13-8-6-12(7-9-13)17-15(18)10-11-4-2-3-5-14(11)16/h2-9H,10,16H2,1H3,(H,17,18). The van der Waals surface area contributed by atoms with Gasteiger partial charge in [-0.1, -0.05) is 18.2 Å². The Hall–Kier alpha value is -2.34. The zero-order chi connectivity index (χ0) is 15.5. The highest BCUT2D eigenvalue weighted by Crippen LogP contribution is 2.15. The topological polar surface area (TPSA) is 89.3 Å². The Kier molecular flexibility index (Phi) is 4.28. The van der Waals surface area contributed by atoms with E-state index in [1.54, 1.807) is 30.3 Å². The van der Waals surface area contributed by atoms with E-state index in [9.17, 15) is 13.2 Å². The molecule has 3 N–H and O–H groups in total. The van der Waals surface area contributed by atoms with Crippen LogP contribution in [0.5, 0.6) is 0 Å². The van der Waals surface area contributed by atoms with Gasteiger partial charge < -0.3 is 11.1 Å². The van der Waals surface area contributed by atoms with Gasteiger partial charge in [-0.05, 0) is 35.9 Å². The number of hydrogen-bond donors (Lipinski definition) is 2. The number of nitrogens with one attached hydrogen (secondary N) is 1. The summed E-state index contributed by atoms with van der Waals surface area (Å²) in [5.41, 5.74) is 7.65. The van der Waals surface area contributed by atoms with Crippen LogP contribution in [0.4, 0.5) is 11.4 Å². The zero-order valence-electron chi connectivity index (χ0n) is 11.5. The summed E-state index contributed by atoms with van der Waals surface area (Å²) in [4.78, 5) is 12.1. The summed E-state index contributed by atoms with van der Waals surface area (Å²) in [5.74, 6) is -0.208. The van der Waals surface area contributed by atoms with Gasteiger partial charge >= 0.3 is 0 Å². The first-order chi connectivity index (χ1) is 9.86. The lowest BCUT2D eigenvalue weighted by Crippen LogP contribution is -2.15. The molecule has 6 heteroatoms. The van der Waals surface area contributed by atoms with E-state index in [1.807, 2.05) is 6.07 Å². The van der Waals surface area contributed by atoms with Crippen molar-refractivity contribution in [1.82, 2.24) is 0 Å². The molecular weight excluding hydrogens is 288 g/mol. The number of nitrogens with two attached hydrogens (primary N) is 1. The van der Waals surface area contributed by atoms with Crippen molar-refractivity contribution in [3.63, 3.8) is 0 Å². The maximum absolute atomic E-state index is 11.9. The van der Waals surface area contributed by atoms with Crippen LogP contribution in [-0.2, 0) is 21.1 Å². The number of nitrogen functional groups attached to an aromatic ring is 1. The van der Waals surface area contributed by atoms with Gasteiger partial charge in [0.05, 0.1) is 11.3 Å². The Morgan fingerprint density at radius 1 is 1.10 bits per heavy atom. The first-order valence-corrected chi connectivity index (χ1v) is 8.19. The number of amides is 1. The van der Waals surface area contributed by atoms with Crippen LogP contribution >= 0.6 is 0 Å². The van der Waals surface area contributed by atoms with Crippen molar-refractivity contribution in [3.05, 3.63) is 54.1 Å². The number of carbonyl (C=O) groups is 1. The molecule has 0 spiro atoms. The maximum atomic E-state index is 11.9. The lowest BCUT2D eigenvalue weighted by atomic mass is 10.1. The fourth-order valence-electron chi connectivity index (χ4n) is 1.86. The molecule has 0 unspecified atom stereocenters. The van der Waals surface area contributed by atoms with Crippen molar-refractivity contribution in [2.75, 3.05) is 17.3 Å². The normalized spacial score (nSPS) is 11.1. The molecule has 0 aromatic heterocycles. The lowest BCUT2D eigenvalue weighted by Gasteiger charge is -2.07. The van der Waals surface area contributed by atoms with E-state index in [-0.39, 0.29) is 17.2 Å². The Balaban J connectivity index is 2.05.